The molecule has 2 aromatic carbocycles. The van der Waals surface area contributed by atoms with Gasteiger partial charge in [0.05, 0.1) is 11.5 Å². The molecule has 1 saturated heterocycles. The first-order valence-electron chi connectivity index (χ1n) is 10.1. The highest BCUT2D eigenvalue weighted by Crippen LogP contribution is 2.35. The van der Waals surface area contributed by atoms with Crippen molar-refractivity contribution in [3.05, 3.63) is 65.2 Å². The number of carbonyl (C=O) groups is 1. The fourth-order valence-corrected chi connectivity index (χ4v) is 4.05. The lowest BCUT2D eigenvalue weighted by atomic mass is 9.74. The number of para-hydroxylation sites is 1. The van der Waals surface area contributed by atoms with Crippen LogP contribution in [-0.2, 0) is 11.8 Å². The molecule has 0 unspecified atom stereocenters. The molecule has 0 atom stereocenters. The lowest BCUT2D eigenvalue weighted by Gasteiger charge is -2.37. The number of aryl methyl sites for hydroxylation is 1. The highest BCUT2D eigenvalue weighted by Gasteiger charge is 2.37. The standard InChI is InChI=1S/C24H29N3O/c1-4-19-9-8-12-21(18(2)3)22(19)26-23(28)27-15-13-24(17-25,14-16-27)20-10-6-5-7-11-20/h5-12,18H,4,13-16H2,1-3H3,(H,26,28). The third-order valence-corrected chi connectivity index (χ3v) is 5.86. The molecule has 4 nitrogen and oxygen atoms in total. The highest BCUT2D eigenvalue weighted by molar-refractivity contribution is 5.91. The molecule has 1 fully saturated rings. The highest BCUT2D eigenvalue weighted by atomic mass is 16.2. The SMILES string of the molecule is CCc1cccc(C(C)C)c1NC(=O)N1CCC(C#N)(c2ccccc2)CC1. The summed E-state index contributed by atoms with van der Waals surface area (Å²) in [6, 6.07) is 18.6. The number of rotatable bonds is 4. The lowest BCUT2D eigenvalue weighted by Crippen LogP contribution is -2.46. The molecule has 0 aliphatic carbocycles. The summed E-state index contributed by atoms with van der Waals surface area (Å²) in [4.78, 5) is 14.8. The molecule has 1 aliphatic rings. The third-order valence-electron chi connectivity index (χ3n) is 5.86. The van der Waals surface area contributed by atoms with Gasteiger partial charge in [-0.3, -0.25) is 0 Å². The Labute approximate surface area is 168 Å². The minimum Gasteiger partial charge on any atom is -0.324 e. The number of nitrogens with one attached hydrogen (secondary N) is 1. The average Bonchev–Trinajstić information content (AvgIpc) is 2.74. The van der Waals surface area contributed by atoms with Crippen molar-refractivity contribution in [2.24, 2.45) is 0 Å². The van der Waals surface area contributed by atoms with Gasteiger partial charge in [0.15, 0.2) is 0 Å². The number of hydrogen-bond acceptors (Lipinski definition) is 2. The number of carbonyl (C=O) groups excluding carboxylic acids is 1. The van der Waals surface area contributed by atoms with Gasteiger partial charge in [-0.1, -0.05) is 69.3 Å². The number of nitrogens with zero attached hydrogens (tertiary/aromatic N) is 2. The summed E-state index contributed by atoms with van der Waals surface area (Å²) in [5.74, 6) is 0.340. The Kier molecular flexibility index (Phi) is 6.04. The Morgan fingerprint density at radius 2 is 1.82 bits per heavy atom. The Hall–Kier alpha value is -2.80. The van der Waals surface area contributed by atoms with Gasteiger partial charge in [0.25, 0.3) is 0 Å². The second-order valence-corrected chi connectivity index (χ2v) is 7.87. The van der Waals surface area contributed by atoms with Crippen LogP contribution in [0, 0.1) is 11.3 Å². The van der Waals surface area contributed by atoms with Crippen molar-refractivity contribution in [1.29, 1.82) is 5.26 Å². The molecule has 1 aliphatic heterocycles. The Bertz CT molecular complexity index is 859. The lowest BCUT2D eigenvalue weighted by molar-refractivity contribution is 0.183. The maximum atomic E-state index is 13.0. The van der Waals surface area contributed by atoms with Crippen LogP contribution >= 0.6 is 0 Å². The van der Waals surface area contributed by atoms with Crippen LogP contribution in [0.5, 0.6) is 0 Å². The number of hydrogen-bond donors (Lipinski definition) is 1. The summed E-state index contributed by atoms with van der Waals surface area (Å²) in [6.45, 7) is 7.56. The molecule has 0 aromatic heterocycles. The number of amides is 2. The number of benzene rings is 2. The van der Waals surface area contributed by atoms with Crippen LogP contribution in [-0.4, -0.2) is 24.0 Å². The maximum absolute atomic E-state index is 13.0. The summed E-state index contributed by atoms with van der Waals surface area (Å²) in [7, 11) is 0. The average molecular weight is 376 g/mol. The summed E-state index contributed by atoms with van der Waals surface area (Å²) >= 11 is 0. The summed E-state index contributed by atoms with van der Waals surface area (Å²) in [5, 5.41) is 13.0. The quantitative estimate of drug-likeness (QED) is 0.771. The zero-order valence-corrected chi connectivity index (χ0v) is 17.0. The molecule has 3 rings (SSSR count). The molecule has 2 amide bonds. The van der Waals surface area contributed by atoms with Crippen molar-refractivity contribution in [2.75, 3.05) is 18.4 Å². The zero-order valence-electron chi connectivity index (χ0n) is 17.0. The zero-order chi connectivity index (χ0) is 20.1. The Morgan fingerprint density at radius 1 is 1.14 bits per heavy atom. The van der Waals surface area contributed by atoms with Gasteiger partial charge in [-0.2, -0.15) is 5.26 Å². The summed E-state index contributed by atoms with van der Waals surface area (Å²) in [5.41, 5.74) is 3.83. The maximum Gasteiger partial charge on any atom is 0.321 e. The van der Waals surface area contributed by atoms with E-state index in [4.69, 9.17) is 0 Å². The monoisotopic (exact) mass is 375 g/mol. The topological polar surface area (TPSA) is 56.1 Å². The molecule has 0 radical (unpaired) electrons. The fourth-order valence-electron chi connectivity index (χ4n) is 4.05. The Balaban J connectivity index is 1.74. The molecular weight excluding hydrogens is 346 g/mol. The number of urea groups is 1. The Morgan fingerprint density at radius 3 is 2.39 bits per heavy atom. The van der Waals surface area contributed by atoms with E-state index in [0.29, 0.717) is 31.8 Å². The molecule has 2 aromatic rings. The molecule has 0 saturated carbocycles. The van der Waals surface area contributed by atoms with Crippen LogP contribution in [0.4, 0.5) is 10.5 Å². The van der Waals surface area contributed by atoms with Crippen molar-refractivity contribution in [2.45, 2.75) is 51.4 Å². The van der Waals surface area contributed by atoms with Gasteiger partial charge in [0.1, 0.15) is 0 Å². The van der Waals surface area contributed by atoms with Crippen LogP contribution in [0.1, 0.15) is 56.2 Å². The first kappa shape index (κ1) is 19.9. The van der Waals surface area contributed by atoms with Crippen LogP contribution in [0.25, 0.3) is 0 Å². The van der Waals surface area contributed by atoms with Crippen LogP contribution < -0.4 is 5.32 Å². The number of anilines is 1. The molecule has 0 bridgehead atoms. The minimum absolute atomic E-state index is 0.0672. The van der Waals surface area contributed by atoms with Crippen LogP contribution in [0.3, 0.4) is 0 Å². The molecule has 4 heteroatoms. The molecule has 146 valence electrons. The fraction of sp³-hybridized carbons (Fsp3) is 0.417. The number of likely N-dealkylation sites (tertiary alicyclic amines) is 1. The van der Waals surface area contributed by atoms with E-state index in [9.17, 15) is 10.1 Å². The predicted molar refractivity (Wildman–Crippen MR) is 113 cm³/mol. The van der Waals surface area contributed by atoms with Crippen LogP contribution in [0.2, 0.25) is 0 Å². The third kappa shape index (κ3) is 3.89. The molecular formula is C24H29N3O. The van der Waals surface area contributed by atoms with Crippen molar-refractivity contribution in [3.8, 4) is 6.07 Å². The molecule has 28 heavy (non-hydrogen) atoms. The second kappa shape index (κ2) is 8.48. The van der Waals surface area contributed by atoms with Gasteiger partial charge in [-0.25, -0.2) is 4.79 Å². The van der Waals surface area contributed by atoms with Crippen molar-refractivity contribution in [3.63, 3.8) is 0 Å². The molecule has 1 heterocycles. The van der Waals surface area contributed by atoms with Gasteiger partial charge in [0.2, 0.25) is 0 Å². The summed E-state index contributed by atoms with van der Waals surface area (Å²) < 4.78 is 0. The second-order valence-electron chi connectivity index (χ2n) is 7.87. The number of nitriles is 1. The van der Waals surface area contributed by atoms with E-state index in [1.54, 1.807) is 0 Å². The minimum atomic E-state index is -0.498. The van der Waals surface area contributed by atoms with Gasteiger partial charge in [0, 0.05) is 18.8 Å². The van der Waals surface area contributed by atoms with Crippen LogP contribution in [0.15, 0.2) is 48.5 Å². The van der Waals surface area contributed by atoms with E-state index >= 15 is 0 Å². The molecule has 0 spiro atoms. The number of piperidine rings is 1. The van der Waals surface area contributed by atoms with E-state index < -0.39 is 5.41 Å². The van der Waals surface area contributed by atoms with Crippen molar-refractivity contribution in [1.82, 2.24) is 4.90 Å². The van der Waals surface area contributed by atoms with Gasteiger partial charge < -0.3 is 10.2 Å². The van der Waals surface area contributed by atoms with E-state index in [0.717, 1.165) is 23.2 Å². The normalized spacial score (nSPS) is 15.9. The van der Waals surface area contributed by atoms with E-state index in [2.05, 4.69) is 50.4 Å². The van der Waals surface area contributed by atoms with Gasteiger partial charge >= 0.3 is 6.03 Å². The van der Waals surface area contributed by atoms with Crippen molar-refractivity contribution < 1.29 is 4.79 Å². The summed E-state index contributed by atoms with van der Waals surface area (Å²) in [6.07, 6.45) is 2.20. The largest absolute Gasteiger partial charge is 0.324 e. The van der Waals surface area contributed by atoms with E-state index in [1.165, 1.54) is 5.56 Å². The first-order chi connectivity index (χ1) is 13.5. The first-order valence-corrected chi connectivity index (χ1v) is 10.1. The smallest absolute Gasteiger partial charge is 0.321 e. The predicted octanol–water partition coefficient (Wildman–Crippen LogP) is 5.46. The van der Waals surface area contributed by atoms with Gasteiger partial charge in [-0.15, -0.1) is 0 Å². The van der Waals surface area contributed by atoms with Crippen molar-refractivity contribution >= 4 is 11.7 Å². The van der Waals surface area contributed by atoms with E-state index in [1.807, 2.05) is 35.2 Å². The van der Waals surface area contributed by atoms with Gasteiger partial charge in [-0.05, 0) is 41.9 Å². The molecule has 1 N–H and O–H groups in total. The van der Waals surface area contributed by atoms with E-state index in [-0.39, 0.29) is 6.03 Å².